The molecule has 0 unspecified atom stereocenters. The van der Waals surface area contributed by atoms with Crippen LogP contribution in [0.3, 0.4) is 0 Å². The Bertz CT molecular complexity index is 560. The monoisotopic (exact) mass is 394 g/mol. The first-order valence-electron chi connectivity index (χ1n) is 9.88. The van der Waals surface area contributed by atoms with Crippen molar-refractivity contribution in [1.82, 2.24) is 0 Å². The Balaban J connectivity index is 3.10. The summed E-state index contributed by atoms with van der Waals surface area (Å²) in [5.41, 5.74) is 2.35. The van der Waals surface area contributed by atoms with Crippen LogP contribution in [0.5, 0.6) is 0 Å². The summed E-state index contributed by atoms with van der Waals surface area (Å²) < 4.78 is 13.5. The van der Waals surface area contributed by atoms with Crippen LogP contribution in [0, 0.1) is 0 Å². The minimum absolute atomic E-state index is 0.0469. The highest BCUT2D eigenvalue weighted by Gasteiger charge is 2.44. The van der Waals surface area contributed by atoms with Crippen LogP contribution in [0.15, 0.2) is 36.5 Å². The van der Waals surface area contributed by atoms with E-state index in [0.29, 0.717) is 0 Å². The van der Waals surface area contributed by atoms with Gasteiger partial charge in [0.05, 0.1) is 12.2 Å². The van der Waals surface area contributed by atoms with Gasteiger partial charge in [-0.25, -0.2) is 0 Å². The molecule has 0 aliphatic heterocycles. The summed E-state index contributed by atoms with van der Waals surface area (Å²) in [4.78, 5) is 0. The van der Waals surface area contributed by atoms with Gasteiger partial charge in [-0.3, -0.25) is 0 Å². The Morgan fingerprint density at radius 3 is 1.81 bits per heavy atom. The molecule has 0 radical (unpaired) electrons. The van der Waals surface area contributed by atoms with Crippen LogP contribution < -0.4 is 0 Å². The summed E-state index contributed by atoms with van der Waals surface area (Å²) in [6.07, 6.45) is 6.01. The van der Waals surface area contributed by atoms with Crippen molar-refractivity contribution in [3.63, 3.8) is 0 Å². The van der Waals surface area contributed by atoms with Gasteiger partial charge >= 0.3 is 0 Å². The van der Waals surface area contributed by atoms with Crippen molar-refractivity contribution in [2.45, 2.75) is 103 Å². The molecule has 1 rings (SSSR count). The maximum Gasteiger partial charge on any atom is 0.192 e. The van der Waals surface area contributed by atoms with E-state index in [4.69, 9.17) is 8.85 Å². The third-order valence-corrected chi connectivity index (χ3v) is 15.6. The molecule has 1 aliphatic rings. The first-order chi connectivity index (χ1) is 11.5. The average molecular weight is 395 g/mol. The van der Waals surface area contributed by atoms with Crippen molar-refractivity contribution in [3.05, 3.63) is 36.5 Å². The Hall–Kier alpha value is -0.426. The molecule has 1 fully saturated rings. The van der Waals surface area contributed by atoms with Gasteiger partial charge in [0, 0.05) is 6.42 Å². The van der Waals surface area contributed by atoms with Gasteiger partial charge in [-0.05, 0) is 53.8 Å². The molecule has 0 saturated heterocycles. The van der Waals surface area contributed by atoms with Crippen LogP contribution in [0.4, 0.5) is 0 Å². The molecule has 2 atom stereocenters. The van der Waals surface area contributed by atoms with E-state index in [1.807, 2.05) is 6.08 Å². The number of allylic oxidation sites excluding steroid dienone is 2. The van der Waals surface area contributed by atoms with E-state index in [1.165, 1.54) is 5.57 Å². The van der Waals surface area contributed by atoms with Crippen molar-refractivity contribution >= 4 is 16.6 Å². The lowest BCUT2D eigenvalue weighted by molar-refractivity contribution is 0.0970. The van der Waals surface area contributed by atoms with Gasteiger partial charge in [0.15, 0.2) is 16.6 Å². The predicted molar refractivity (Wildman–Crippen MR) is 121 cm³/mol. The zero-order valence-electron chi connectivity index (χ0n) is 19.0. The Morgan fingerprint density at radius 2 is 1.38 bits per heavy atom. The summed E-state index contributed by atoms with van der Waals surface area (Å²) in [5.74, 6) is 0. The quantitative estimate of drug-likeness (QED) is 0.458. The summed E-state index contributed by atoms with van der Waals surface area (Å²) in [6, 6.07) is 0. The second kappa shape index (κ2) is 7.90. The molecule has 150 valence electrons. The molecule has 0 aromatic carbocycles. The van der Waals surface area contributed by atoms with Gasteiger partial charge in [-0.1, -0.05) is 66.9 Å². The molecule has 26 heavy (non-hydrogen) atoms. The highest BCUT2D eigenvalue weighted by atomic mass is 28.4. The predicted octanol–water partition coefficient (Wildman–Crippen LogP) is 7.23. The molecule has 0 heterocycles. The average Bonchev–Trinajstić information content (AvgIpc) is 2.40. The largest absolute Gasteiger partial charge is 0.413 e. The molecule has 0 amide bonds. The fourth-order valence-corrected chi connectivity index (χ4v) is 5.37. The van der Waals surface area contributed by atoms with Crippen LogP contribution in [0.1, 0.15) is 54.4 Å². The third kappa shape index (κ3) is 5.54. The van der Waals surface area contributed by atoms with Gasteiger partial charge in [0.1, 0.15) is 0 Å². The number of hydrogen-bond donors (Lipinski definition) is 0. The van der Waals surface area contributed by atoms with Gasteiger partial charge in [0.2, 0.25) is 0 Å². The molecular weight excluding hydrogens is 352 g/mol. The van der Waals surface area contributed by atoms with Crippen molar-refractivity contribution in [2.24, 2.45) is 0 Å². The minimum Gasteiger partial charge on any atom is -0.413 e. The Morgan fingerprint density at radius 1 is 0.923 bits per heavy atom. The molecular formula is C22H42O2Si2. The van der Waals surface area contributed by atoms with Gasteiger partial charge in [-0.15, -0.1) is 0 Å². The van der Waals surface area contributed by atoms with E-state index < -0.39 is 16.6 Å². The zero-order valence-corrected chi connectivity index (χ0v) is 21.0. The molecule has 0 aromatic rings. The molecule has 0 spiro atoms. The van der Waals surface area contributed by atoms with Crippen molar-refractivity contribution in [3.8, 4) is 0 Å². The van der Waals surface area contributed by atoms with Crippen LogP contribution in [0.2, 0.25) is 36.3 Å². The minimum atomic E-state index is -1.87. The summed E-state index contributed by atoms with van der Waals surface area (Å²) in [7, 11) is -3.69. The SMILES string of the molecule is C=C/C=C1/C[C@@H](O[Si](C)(C)C(C)(C)C)C[C@H](O[Si](C)(C)C(C)(C)C)C1=C. The zero-order chi connectivity index (χ0) is 20.6. The number of hydrogen-bond acceptors (Lipinski definition) is 2. The van der Waals surface area contributed by atoms with Crippen LogP contribution >= 0.6 is 0 Å². The Labute approximate surface area is 165 Å². The van der Waals surface area contributed by atoms with E-state index in [9.17, 15) is 0 Å². The van der Waals surface area contributed by atoms with E-state index >= 15 is 0 Å². The van der Waals surface area contributed by atoms with Crippen LogP contribution in [-0.2, 0) is 8.85 Å². The lowest BCUT2D eigenvalue weighted by Gasteiger charge is -2.45. The molecule has 4 heteroatoms. The van der Waals surface area contributed by atoms with Crippen LogP contribution in [0.25, 0.3) is 0 Å². The van der Waals surface area contributed by atoms with Crippen LogP contribution in [-0.4, -0.2) is 28.8 Å². The fraction of sp³-hybridized carbons (Fsp3) is 0.727. The molecule has 1 saturated carbocycles. The molecule has 0 bridgehead atoms. The Kier molecular flexibility index (Phi) is 7.18. The van der Waals surface area contributed by atoms with Gasteiger partial charge in [-0.2, -0.15) is 0 Å². The summed E-state index contributed by atoms with van der Waals surface area (Å²) in [6.45, 7) is 31.3. The first-order valence-corrected chi connectivity index (χ1v) is 15.7. The fourth-order valence-electron chi connectivity index (χ4n) is 2.70. The molecule has 0 N–H and O–H groups in total. The second-order valence-corrected chi connectivity index (χ2v) is 20.3. The van der Waals surface area contributed by atoms with E-state index in [-0.39, 0.29) is 22.3 Å². The summed E-state index contributed by atoms with van der Waals surface area (Å²) in [5, 5.41) is 0.391. The number of rotatable bonds is 5. The normalized spacial score (nSPS) is 24.8. The highest BCUT2D eigenvalue weighted by molar-refractivity contribution is 6.74. The molecule has 0 aromatic heterocycles. The van der Waals surface area contributed by atoms with E-state index in [0.717, 1.165) is 18.4 Å². The maximum absolute atomic E-state index is 6.76. The lowest BCUT2D eigenvalue weighted by Crippen LogP contribution is -2.49. The second-order valence-electron chi connectivity index (χ2n) is 10.8. The van der Waals surface area contributed by atoms with Crippen molar-refractivity contribution < 1.29 is 8.85 Å². The topological polar surface area (TPSA) is 18.5 Å². The van der Waals surface area contributed by atoms with Crippen molar-refractivity contribution in [2.75, 3.05) is 0 Å². The highest BCUT2D eigenvalue weighted by Crippen LogP contribution is 2.43. The van der Waals surface area contributed by atoms with Crippen molar-refractivity contribution in [1.29, 1.82) is 0 Å². The van der Waals surface area contributed by atoms with Gasteiger partial charge < -0.3 is 8.85 Å². The lowest BCUT2D eigenvalue weighted by atomic mass is 9.86. The summed E-state index contributed by atoms with van der Waals surface area (Å²) >= 11 is 0. The standard InChI is InChI=1S/C22H42O2Si2/c1-13-14-18-15-19(23-25(9,10)21(3,4)5)16-20(17(18)2)24-26(11,12)22(6,7)8/h13-14,19-20H,1-2,15-16H2,3-12H3/b18-14-/t19-,20+/m1/s1. The molecule has 2 nitrogen and oxygen atoms in total. The smallest absolute Gasteiger partial charge is 0.192 e. The maximum atomic E-state index is 6.76. The molecule has 1 aliphatic carbocycles. The van der Waals surface area contributed by atoms with Gasteiger partial charge in [0.25, 0.3) is 0 Å². The third-order valence-electron chi connectivity index (χ3n) is 6.56. The first kappa shape index (κ1) is 23.6. The van der Waals surface area contributed by atoms with E-state index in [1.54, 1.807) is 0 Å². The van der Waals surface area contributed by atoms with E-state index in [2.05, 4.69) is 87.0 Å².